The molecule has 0 radical (unpaired) electrons. The van der Waals surface area contributed by atoms with E-state index in [4.69, 9.17) is 0 Å². The fourth-order valence-electron chi connectivity index (χ4n) is 2.76. The lowest BCUT2D eigenvalue weighted by Crippen LogP contribution is -2.31. The van der Waals surface area contributed by atoms with Crippen LogP contribution in [0.3, 0.4) is 0 Å². The highest BCUT2D eigenvalue weighted by Crippen LogP contribution is 2.26. The normalized spacial score (nSPS) is 20.9. The van der Waals surface area contributed by atoms with Crippen molar-refractivity contribution in [2.45, 2.75) is 25.8 Å². The molecule has 0 aliphatic carbocycles. The fourth-order valence-corrected chi connectivity index (χ4v) is 4.62. The standard InChI is InChI=1S/C15H20N2O5S/c1-11(13-4-3-5-14(9-13)17(19)20)16(2)15(18)8-12-6-7-23(21,22)10-12/h3-5,9,11-12H,6-8,10H2,1-2H3/t11-,12+/m0/s1. The molecule has 2 atom stereocenters. The maximum Gasteiger partial charge on any atom is 0.269 e. The van der Waals surface area contributed by atoms with Gasteiger partial charge in [0, 0.05) is 25.6 Å². The molecule has 1 aliphatic rings. The van der Waals surface area contributed by atoms with Gasteiger partial charge in [0.15, 0.2) is 9.84 Å². The van der Waals surface area contributed by atoms with Gasteiger partial charge in [-0.25, -0.2) is 8.42 Å². The van der Waals surface area contributed by atoms with Crippen molar-refractivity contribution in [3.05, 3.63) is 39.9 Å². The molecule has 8 heteroatoms. The molecule has 1 amide bonds. The highest BCUT2D eigenvalue weighted by Gasteiger charge is 2.31. The molecule has 1 fully saturated rings. The van der Waals surface area contributed by atoms with Crippen LogP contribution in [0.1, 0.15) is 31.4 Å². The molecule has 0 N–H and O–H groups in total. The van der Waals surface area contributed by atoms with Crippen LogP contribution in [0.5, 0.6) is 0 Å². The lowest BCUT2D eigenvalue weighted by atomic mass is 10.0. The van der Waals surface area contributed by atoms with E-state index in [1.165, 1.54) is 17.0 Å². The maximum absolute atomic E-state index is 12.3. The number of nitro groups is 1. The van der Waals surface area contributed by atoms with Gasteiger partial charge in [-0.05, 0) is 24.8 Å². The summed E-state index contributed by atoms with van der Waals surface area (Å²) in [5.74, 6) is -0.0641. The lowest BCUT2D eigenvalue weighted by Gasteiger charge is -2.26. The Balaban J connectivity index is 2.04. The van der Waals surface area contributed by atoms with Crippen LogP contribution >= 0.6 is 0 Å². The van der Waals surface area contributed by atoms with Gasteiger partial charge in [0.25, 0.3) is 5.69 Å². The highest BCUT2D eigenvalue weighted by atomic mass is 32.2. The Morgan fingerprint density at radius 1 is 1.48 bits per heavy atom. The molecule has 0 spiro atoms. The zero-order valence-corrected chi connectivity index (χ0v) is 14.0. The van der Waals surface area contributed by atoms with E-state index in [0.717, 1.165) is 0 Å². The molecule has 1 saturated heterocycles. The van der Waals surface area contributed by atoms with E-state index in [1.54, 1.807) is 26.1 Å². The molecule has 1 aromatic carbocycles. The van der Waals surface area contributed by atoms with Gasteiger partial charge < -0.3 is 4.90 Å². The number of amides is 1. The molecule has 1 aromatic rings. The Labute approximate surface area is 135 Å². The zero-order chi connectivity index (χ0) is 17.2. The van der Waals surface area contributed by atoms with Crippen LogP contribution in [0.4, 0.5) is 5.69 Å². The first-order valence-corrected chi connectivity index (χ1v) is 9.22. The smallest absolute Gasteiger partial charge is 0.269 e. The Morgan fingerprint density at radius 2 is 2.17 bits per heavy atom. The first-order valence-electron chi connectivity index (χ1n) is 7.40. The van der Waals surface area contributed by atoms with E-state index in [9.17, 15) is 23.3 Å². The van der Waals surface area contributed by atoms with Gasteiger partial charge >= 0.3 is 0 Å². The lowest BCUT2D eigenvalue weighted by molar-refractivity contribution is -0.384. The number of non-ortho nitro benzene ring substituents is 1. The van der Waals surface area contributed by atoms with Crippen LogP contribution < -0.4 is 0 Å². The van der Waals surface area contributed by atoms with Crippen molar-refractivity contribution in [3.8, 4) is 0 Å². The second-order valence-corrected chi connectivity index (χ2v) is 8.23. The number of rotatable bonds is 5. The van der Waals surface area contributed by atoms with E-state index < -0.39 is 14.8 Å². The molecule has 0 aromatic heterocycles. The summed E-state index contributed by atoms with van der Waals surface area (Å²) in [5, 5.41) is 10.8. The quantitative estimate of drug-likeness (QED) is 0.602. The van der Waals surface area contributed by atoms with E-state index in [1.807, 2.05) is 0 Å². The maximum atomic E-state index is 12.3. The van der Waals surface area contributed by atoms with Gasteiger partial charge in [0.1, 0.15) is 0 Å². The molecule has 1 aliphatic heterocycles. The second-order valence-electron chi connectivity index (χ2n) is 6.01. The predicted octanol–water partition coefficient (Wildman–Crippen LogP) is 1.94. The molecule has 0 unspecified atom stereocenters. The van der Waals surface area contributed by atoms with Crippen molar-refractivity contribution in [2.24, 2.45) is 5.92 Å². The highest BCUT2D eigenvalue weighted by molar-refractivity contribution is 7.91. The van der Waals surface area contributed by atoms with Crippen molar-refractivity contribution < 1.29 is 18.1 Å². The number of hydrogen-bond donors (Lipinski definition) is 0. The zero-order valence-electron chi connectivity index (χ0n) is 13.1. The fraction of sp³-hybridized carbons (Fsp3) is 0.533. The Hall–Kier alpha value is -1.96. The van der Waals surface area contributed by atoms with Crippen LogP contribution in [0, 0.1) is 16.0 Å². The molecule has 23 heavy (non-hydrogen) atoms. The van der Waals surface area contributed by atoms with E-state index in [2.05, 4.69) is 0 Å². The largest absolute Gasteiger partial charge is 0.339 e. The summed E-state index contributed by atoms with van der Waals surface area (Å²) in [7, 11) is -1.37. The monoisotopic (exact) mass is 340 g/mol. The molecule has 1 heterocycles. The van der Waals surface area contributed by atoms with Gasteiger partial charge in [0.2, 0.25) is 5.91 Å². The summed E-state index contributed by atoms with van der Waals surface area (Å²) in [6.45, 7) is 1.79. The average molecular weight is 340 g/mol. The van der Waals surface area contributed by atoms with Crippen LogP contribution in [0.15, 0.2) is 24.3 Å². The minimum atomic E-state index is -3.00. The number of sulfone groups is 1. The Morgan fingerprint density at radius 3 is 2.74 bits per heavy atom. The van der Waals surface area contributed by atoms with Gasteiger partial charge in [-0.3, -0.25) is 14.9 Å². The van der Waals surface area contributed by atoms with E-state index in [0.29, 0.717) is 12.0 Å². The second kappa shape index (κ2) is 6.66. The summed E-state index contributed by atoms with van der Waals surface area (Å²) in [4.78, 5) is 24.2. The Bertz CT molecular complexity index is 716. The van der Waals surface area contributed by atoms with Crippen molar-refractivity contribution in [3.63, 3.8) is 0 Å². The summed E-state index contributed by atoms with van der Waals surface area (Å²) in [6, 6.07) is 5.86. The van der Waals surface area contributed by atoms with Crippen molar-refractivity contribution >= 4 is 21.4 Å². The van der Waals surface area contributed by atoms with Crippen LogP contribution in [-0.2, 0) is 14.6 Å². The molecule has 126 valence electrons. The number of carbonyl (C=O) groups is 1. The topological polar surface area (TPSA) is 97.6 Å². The van der Waals surface area contributed by atoms with E-state index in [-0.39, 0.29) is 41.5 Å². The minimum Gasteiger partial charge on any atom is -0.339 e. The summed E-state index contributed by atoms with van der Waals surface area (Å²) in [6.07, 6.45) is 0.710. The third-order valence-corrected chi connectivity index (χ3v) is 6.16. The molecule has 0 bridgehead atoms. The Kier molecular flexibility index (Phi) is 5.03. The molecule has 7 nitrogen and oxygen atoms in total. The SMILES string of the molecule is C[C@@H](c1cccc([N+](=O)[O-])c1)N(C)C(=O)C[C@H]1CCS(=O)(=O)C1. The number of nitro benzene ring substituents is 1. The van der Waals surface area contributed by atoms with E-state index >= 15 is 0 Å². The summed E-state index contributed by atoms with van der Waals surface area (Å²) < 4.78 is 22.9. The van der Waals surface area contributed by atoms with Gasteiger partial charge in [-0.15, -0.1) is 0 Å². The molecule has 2 rings (SSSR count). The molecular weight excluding hydrogens is 320 g/mol. The average Bonchev–Trinajstić information content (AvgIpc) is 2.84. The number of carbonyl (C=O) groups excluding carboxylic acids is 1. The van der Waals surface area contributed by atoms with Crippen molar-refractivity contribution in [1.82, 2.24) is 4.90 Å². The van der Waals surface area contributed by atoms with Crippen molar-refractivity contribution in [2.75, 3.05) is 18.6 Å². The predicted molar refractivity (Wildman–Crippen MR) is 85.7 cm³/mol. The van der Waals surface area contributed by atoms with Gasteiger partial charge in [-0.1, -0.05) is 12.1 Å². The summed E-state index contributed by atoms with van der Waals surface area (Å²) >= 11 is 0. The third-order valence-electron chi connectivity index (χ3n) is 4.33. The molecular formula is C15H20N2O5S. The van der Waals surface area contributed by atoms with Crippen LogP contribution in [0.2, 0.25) is 0 Å². The number of hydrogen-bond acceptors (Lipinski definition) is 5. The van der Waals surface area contributed by atoms with Crippen LogP contribution in [-0.4, -0.2) is 42.7 Å². The van der Waals surface area contributed by atoms with Crippen molar-refractivity contribution in [1.29, 1.82) is 0 Å². The molecule has 0 saturated carbocycles. The van der Waals surface area contributed by atoms with Crippen LogP contribution in [0.25, 0.3) is 0 Å². The summed E-state index contributed by atoms with van der Waals surface area (Å²) in [5.41, 5.74) is 0.658. The number of nitrogens with zero attached hydrogens (tertiary/aromatic N) is 2. The number of benzene rings is 1. The first kappa shape index (κ1) is 17.4. The third kappa shape index (κ3) is 4.28. The first-order chi connectivity index (χ1) is 10.7. The van der Waals surface area contributed by atoms with Gasteiger partial charge in [0.05, 0.1) is 22.5 Å². The minimum absolute atomic E-state index is 0.0166. The van der Waals surface area contributed by atoms with Gasteiger partial charge in [-0.2, -0.15) is 0 Å².